The normalized spacial score (nSPS) is 11.0. The fraction of sp³-hybridized carbons (Fsp3) is 0.0800. The minimum absolute atomic E-state index is 0.229. The molecule has 0 aliphatic heterocycles. The van der Waals surface area contributed by atoms with E-state index in [1.807, 2.05) is 47.3 Å². The molecule has 1 amide bonds. The van der Waals surface area contributed by atoms with Crippen LogP contribution in [0.25, 0.3) is 11.3 Å². The van der Waals surface area contributed by atoms with E-state index in [2.05, 4.69) is 10.4 Å². The van der Waals surface area contributed by atoms with E-state index in [1.165, 1.54) is 16.2 Å². The lowest BCUT2D eigenvalue weighted by molar-refractivity contribution is 0.102. The molecule has 0 atom stereocenters. The Morgan fingerprint density at radius 1 is 1.03 bits per heavy atom. The summed E-state index contributed by atoms with van der Waals surface area (Å²) in [5, 5.41) is 7.66. The van der Waals surface area contributed by atoms with Gasteiger partial charge >= 0.3 is 5.69 Å². The van der Waals surface area contributed by atoms with E-state index in [-0.39, 0.29) is 18.1 Å². The predicted octanol–water partition coefficient (Wildman–Crippen LogP) is 4.25. The zero-order valence-electron chi connectivity index (χ0n) is 18.2. The third-order valence-corrected chi connectivity index (χ3v) is 5.70. The van der Waals surface area contributed by atoms with Gasteiger partial charge in [-0.1, -0.05) is 29.8 Å². The van der Waals surface area contributed by atoms with Crippen LogP contribution in [0.15, 0.2) is 90.1 Å². The van der Waals surface area contributed by atoms with Crippen molar-refractivity contribution in [1.82, 2.24) is 18.7 Å². The molecule has 0 bridgehead atoms. The quantitative estimate of drug-likeness (QED) is 0.399. The molecule has 34 heavy (non-hydrogen) atoms. The molecule has 9 heteroatoms. The molecule has 0 saturated heterocycles. The summed E-state index contributed by atoms with van der Waals surface area (Å²) < 4.78 is 10.2. The lowest BCUT2D eigenvalue weighted by Crippen LogP contribution is -2.21. The number of carbonyl (C=O) groups excluding carboxylic acids is 1. The SMILES string of the molecule is COc1cc(-n2cccc2)c(Cl)cc1C(=O)Nc1cccc(Cn2nc3ccccn3c2=O)c1. The summed E-state index contributed by atoms with van der Waals surface area (Å²) in [7, 11) is 1.51. The second kappa shape index (κ2) is 8.92. The topological polar surface area (TPSA) is 82.6 Å². The summed E-state index contributed by atoms with van der Waals surface area (Å²) >= 11 is 6.46. The first-order chi connectivity index (χ1) is 16.5. The van der Waals surface area contributed by atoms with Gasteiger partial charge < -0.3 is 14.6 Å². The standard InChI is InChI=1S/C25H20ClN5O3/c1-34-22-15-21(29-10-4-5-11-29)20(26)14-19(22)24(32)27-18-8-6-7-17(13-18)16-31-25(33)30-12-3-2-9-23(30)28-31/h2-15H,16H2,1H3,(H,27,32). The number of pyridine rings is 1. The van der Waals surface area contributed by atoms with E-state index in [4.69, 9.17) is 16.3 Å². The largest absolute Gasteiger partial charge is 0.496 e. The molecule has 5 aromatic rings. The number of halogens is 1. The molecule has 0 saturated carbocycles. The number of hydrogen-bond acceptors (Lipinski definition) is 4. The van der Waals surface area contributed by atoms with Crippen LogP contribution in [0.3, 0.4) is 0 Å². The van der Waals surface area contributed by atoms with Gasteiger partial charge in [-0.25, -0.2) is 9.48 Å². The number of amides is 1. The van der Waals surface area contributed by atoms with E-state index in [9.17, 15) is 9.59 Å². The number of ether oxygens (including phenoxy) is 1. The molecule has 5 rings (SSSR count). The molecule has 0 fully saturated rings. The van der Waals surface area contributed by atoms with Crippen LogP contribution < -0.4 is 15.7 Å². The van der Waals surface area contributed by atoms with Crippen molar-refractivity contribution < 1.29 is 9.53 Å². The number of anilines is 1. The fourth-order valence-electron chi connectivity index (χ4n) is 3.77. The number of benzene rings is 2. The minimum atomic E-state index is -0.361. The molecule has 2 aromatic carbocycles. The van der Waals surface area contributed by atoms with Crippen molar-refractivity contribution in [2.75, 3.05) is 12.4 Å². The average Bonchev–Trinajstić information content (AvgIpc) is 3.48. The number of rotatable bonds is 6. The van der Waals surface area contributed by atoms with Gasteiger partial charge in [-0.05, 0) is 48.0 Å². The molecular weight excluding hydrogens is 454 g/mol. The molecule has 3 heterocycles. The van der Waals surface area contributed by atoms with Gasteiger partial charge in [-0.2, -0.15) is 0 Å². The van der Waals surface area contributed by atoms with Crippen LogP contribution in [-0.4, -0.2) is 31.8 Å². The van der Waals surface area contributed by atoms with Gasteiger partial charge in [0, 0.05) is 30.3 Å². The Morgan fingerprint density at radius 2 is 1.82 bits per heavy atom. The van der Waals surface area contributed by atoms with Gasteiger partial charge in [0.2, 0.25) is 0 Å². The second-order valence-corrected chi connectivity index (χ2v) is 8.02. The molecule has 8 nitrogen and oxygen atoms in total. The number of aromatic nitrogens is 4. The summed E-state index contributed by atoms with van der Waals surface area (Å²) in [6, 6.07) is 19.7. The van der Waals surface area contributed by atoms with Gasteiger partial charge in [0.25, 0.3) is 5.91 Å². The van der Waals surface area contributed by atoms with Crippen molar-refractivity contribution in [3.8, 4) is 11.4 Å². The van der Waals surface area contributed by atoms with Crippen LogP contribution in [-0.2, 0) is 6.54 Å². The smallest absolute Gasteiger partial charge is 0.350 e. The van der Waals surface area contributed by atoms with Gasteiger partial charge in [-0.15, -0.1) is 5.10 Å². The number of carbonyl (C=O) groups is 1. The van der Waals surface area contributed by atoms with Crippen LogP contribution in [0.5, 0.6) is 5.75 Å². The highest BCUT2D eigenvalue weighted by molar-refractivity contribution is 6.33. The van der Waals surface area contributed by atoms with Crippen molar-refractivity contribution in [2.45, 2.75) is 6.54 Å². The first kappa shape index (κ1) is 21.5. The maximum Gasteiger partial charge on any atom is 0.350 e. The van der Waals surface area contributed by atoms with E-state index in [0.29, 0.717) is 33.4 Å². The lowest BCUT2D eigenvalue weighted by atomic mass is 10.1. The maximum absolute atomic E-state index is 13.1. The molecule has 0 spiro atoms. The maximum atomic E-state index is 13.1. The number of nitrogens with one attached hydrogen (secondary N) is 1. The van der Waals surface area contributed by atoms with Crippen LogP contribution >= 0.6 is 11.6 Å². The molecule has 3 aromatic heterocycles. The number of hydrogen-bond donors (Lipinski definition) is 1. The predicted molar refractivity (Wildman–Crippen MR) is 130 cm³/mol. The van der Waals surface area contributed by atoms with E-state index in [0.717, 1.165) is 5.56 Å². The number of fused-ring (bicyclic) bond motifs is 1. The summed E-state index contributed by atoms with van der Waals surface area (Å²) in [6.45, 7) is 0.269. The van der Waals surface area contributed by atoms with Crippen molar-refractivity contribution in [2.24, 2.45) is 0 Å². The van der Waals surface area contributed by atoms with Gasteiger partial charge in [0.1, 0.15) is 5.75 Å². The van der Waals surface area contributed by atoms with E-state index < -0.39 is 0 Å². The number of methoxy groups -OCH3 is 1. The Morgan fingerprint density at radius 3 is 2.59 bits per heavy atom. The van der Waals surface area contributed by atoms with Crippen LogP contribution in [0.4, 0.5) is 5.69 Å². The second-order valence-electron chi connectivity index (χ2n) is 7.62. The Hall–Kier alpha value is -4.30. The third-order valence-electron chi connectivity index (χ3n) is 5.40. The van der Waals surface area contributed by atoms with Gasteiger partial charge in [-0.3, -0.25) is 9.20 Å². The molecular formula is C25H20ClN5O3. The van der Waals surface area contributed by atoms with Gasteiger partial charge in [0.15, 0.2) is 5.65 Å². The summed E-state index contributed by atoms with van der Waals surface area (Å²) in [6.07, 6.45) is 5.40. The Labute approximate surface area is 199 Å². The summed E-state index contributed by atoms with van der Waals surface area (Å²) in [4.78, 5) is 25.6. The van der Waals surface area contributed by atoms with Crippen molar-refractivity contribution in [1.29, 1.82) is 0 Å². The minimum Gasteiger partial charge on any atom is -0.496 e. The zero-order valence-corrected chi connectivity index (χ0v) is 18.9. The lowest BCUT2D eigenvalue weighted by Gasteiger charge is -2.14. The molecule has 0 radical (unpaired) electrons. The van der Waals surface area contributed by atoms with E-state index >= 15 is 0 Å². The molecule has 1 N–H and O–H groups in total. The van der Waals surface area contributed by atoms with Crippen LogP contribution in [0.2, 0.25) is 5.02 Å². The number of nitrogens with zero attached hydrogens (tertiary/aromatic N) is 4. The Bertz CT molecular complexity index is 1550. The zero-order chi connectivity index (χ0) is 23.7. The summed E-state index contributed by atoms with van der Waals surface area (Å²) in [5.74, 6) is 0.0397. The van der Waals surface area contributed by atoms with Crippen LogP contribution in [0, 0.1) is 0 Å². The Balaban J connectivity index is 1.39. The molecule has 0 aliphatic carbocycles. The van der Waals surface area contributed by atoms with Crippen molar-refractivity contribution in [3.05, 3.63) is 112 Å². The Kier molecular flexibility index (Phi) is 5.65. The first-order valence-electron chi connectivity index (χ1n) is 10.5. The third kappa shape index (κ3) is 4.06. The highest BCUT2D eigenvalue weighted by atomic mass is 35.5. The van der Waals surface area contributed by atoms with Crippen molar-refractivity contribution in [3.63, 3.8) is 0 Å². The molecule has 0 aliphatic rings. The monoisotopic (exact) mass is 473 g/mol. The average molecular weight is 474 g/mol. The fourth-order valence-corrected chi connectivity index (χ4v) is 4.03. The first-order valence-corrected chi connectivity index (χ1v) is 10.9. The van der Waals surface area contributed by atoms with Crippen LogP contribution in [0.1, 0.15) is 15.9 Å². The highest BCUT2D eigenvalue weighted by Gasteiger charge is 2.17. The summed E-state index contributed by atoms with van der Waals surface area (Å²) in [5.41, 5.74) is 2.75. The van der Waals surface area contributed by atoms with Gasteiger partial charge in [0.05, 0.1) is 29.9 Å². The van der Waals surface area contributed by atoms with E-state index in [1.54, 1.807) is 42.6 Å². The molecule has 170 valence electrons. The molecule has 0 unspecified atom stereocenters. The van der Waals surface area contributed by atoms with Crippen molar-refractivity contribution >= 4 is 28.8 Å². The highest BCUT2D eigenvalue weighted by Crippen LogP contribution is 2.30.